The van der Waals surface area contributed by atoms with Crippen molar-refractivity contribution in [3.63, 3.8) is 0 Å². The normalized spacial score (nSPS) is 23.7. The molecule has 0 aromatic heterocycles. The van der Waals surface area contributed by atoms with Crippen LogP contribution in [0.3, 0.4) is 0 Å². The van der Waals surface area contributed by atoms with Crippen LogP contribution in [0.15, 0.2) is 0 Å². The van der Waals surface area contributed by atoms with Gasteiger partial charge in [0.15, 0.2) is 9.84 Å². The van der Waals surface area contributed by atoms with Crippen molar-refractivity contribution in [2.75, 3.05) is 19.3 Å². The number of sulfone groups is 1. The summed E-state index contributed by atoms with van der Waals surface area (Å²) in [5.74, 6) is -1.20. The lowest BCUT2D eigenvalue weighted by Crippen LogP contribution is -2.51. The molecule has 1 aliphatic heterocycles. The molecule has 0 saturated carbocycles. The molecule has 0 aromatic rings. The van der Waals surface area contributed by atoms with Crippen molar-refractivity contribution in [3.05, 3.63) is 0 Å². The van der Waals surface area contributed by atoms with E-state index in [1.165, 1.54) is 13.8 Å². The highest BCUT2D eigenvalue weighted by Gasteiger charge is 2.40. The van der Waals surface area contributed by atoms with Gasteiger partial charge in [-0.25, -0.2) is 18.0 Å². The topological polar surface area (TPSA) is 124 Å². The molecule has 9 heteroatoms. The number of carbonyl (C=O) groups excluding carboxylic acids is 1. The van der Waals surface area contributed by atoms with Gasteiger partial charge in [0, 0.05) is 25.8 Å². The fourth-order valence-corrected chi connectivity index (χ4v) is 2.13. The van der Waals surface area contributed by atoms with Gasteiger partial charge in [0.05, 0.1) is 10.9 Å². The van der Waals surface area contributed by atoms with Gasteiger partial charge in [0.25, 0.3) is 0 Å². The van der Waals surface area contributed by atoms with Gasteiger partial charge in [-0.2, -0.15) is 0 Å². The van der Waals surface area contributed by atoms with E-state index in [4.69, 9.17) is 5.11 Å². The van der Waals surface area contributed by atoms with Gasteiger partial charge in [0.1, 0.15) is 6.04 Å². The van der Waals surface area contributed by atoms with E-state index in [2.05, 4.69) is 5.32 Å². The highest BCUT2D eigenvalue weighted by Crippen LogP contribution is 2.19. The molecule has 1 saturated heterocycles. The SMILES string of the molecule is CC(C)(CNC(=O)N1C[C@H](O)C[C@H]1C(=O)O)S(C)(=O)=O. The van der Waals surface area contributed by atoms with Crippen molar-refractivity contribution < 1.29 is 28.2 Å². The van der Waals surface area contributed by atoms with Gasteiger partial charge >= 0.3 is 12.0 Å². The second-order valence-electron chi connectivity index (χ2n) is 5.59. The van der Waals surface area contributed by atoms with Gasteiger partial charge in [-0.05, 0) is 13.8 Å². The maximum Gasteiger partial charge on any atom is 0.326 e. The van der Waals surface area contributed by atoms with Crippen LogP contribution in [0.2, 0.25) is 0 Å². The van der Waals surface area contributed by atoms with Gasteiger partial charge in [0.2, 0.25) is 0 Å². The molecule has 1 heterocycles. The summed E-state index contributed by atoms with van der Waals surface area (Å²) in [6.07, 6.45) is 0.154. The van der Waals surface area contributed by atoms with Gasteiger partial charge < -0.3 is 20.4 Å². The van der Waals surface area contributed by atoms with Crippen LogP contribution < -0.4 is 5.32 Å². The van der Waals surface area contributed by atoms with Crippen LogP contribution >= 0.6 is 0 Å². The van der Waals surface area contributed by atoms with E-state index in [0.29, 0.717) is 0 Å². The fourth-order valence-electron chi connectivity index (χ4n) is 1.79. The molecule has 116 valence electrons. The maximum absolute atomic E-state index is 11.9. The summed E-state index contributed by atoms with van der Waals surface area (Å²) >= 11 is 0. The summed E-state index contributed by atoms with van der Waals surface area (Å²) in [5.41, 5.74) is 0. The van der Waals surface area contributed by atoms with Crippen LogP contribution in [0.1, 0.15) is 20.3 Å². The van der Waals surface area contributed by atoms with Crippen LogP contribution in [0, 0.1) is 0 Å². The number of likely N-dealkylation sites (tertiary alicyclic amines) is 1. The molecule has 1 rings (SSSR count). The predicted octanol–water partition coefficient (Wildman–Crippen LogP) is -0.961. The second-order valence-corrected chi connectivity index (χ2v) is 8.24. The summed E-state index contributed by atoms with van der Waals surface area (Å²) < 4.78 is 21.9. The monoisotopic (exact) mass is 308 g/mol. The number of hydrogen-bond donors (Lipinski definition) is 3. The zero-order chi connectivity index (χ0) is 15.7. The molecule has 0 aromatic carbocycles. The Labute approximate surface area is 117 Å². The number of amides is 2. The molecule has 1 aliphatic rings. The summed E-state index contributed by atoms with van der Waals surface area (Å²) in [5, 5.41) is 20.8. The number of carboxylic acids is 1. The lowest BCUT2D eigenvalue weighted by atomic mass is 10.2. The van der Waals surface area contributed by atoms with E-state index in [1.807, 2.05) is 0 Å². The molecule has 0 bridgehead atoms. The van der Waals surface area contributed by atoms with Crippen LogP contribution in [0.4, 0.5) is 4.79 Å². The Morgan fingerprint density at radius 3 is 2.40 bits per heavy atom. The van der Waals surface area contributed by atoms with Crippen molar-refractivity contribution in [2.45, 2.75) is 37.2 Å². The Kier molecular flexibility index (Phi) is 4.65. The van der Waals surface area contributed by atoms with Crippen molar-refractivity contribution in [2.24, 2.45) is 0 Å². The van der Waals surface area contributed by atoms with E-state index in [-0.39, 0.29) is 19.5 Å². The van der Waals surface area contributed by atoms with Gasteiger partial charge in [-0.3, -0.25) is 0 Å². The first-order chi connectivity index (χ1) is 8.95. The molecule has 0 aliphatic carbocycles. The van der Waals surface area contributed by atoms with Crippen LogP contribution in [0.25, 0.3) is 0 Å². The predicted molar refractivity (Wildman–Crippen MR) is 71.1 cm³/mol. The minimum absolute atomic E-state index is 0.0295. The molecule has 0 unspecified atom stereocenters. The Hall–Kier alpha value is -1.35. The summed E-state index contributed by atoms with van der Waals surface area (Å²) in [7, 11) is -3.36. The molecule has 0 radical (unpaired) electrons. The highest BCUT2D eigenvalue weighted by atomic mass is 32.2. The fraction of sp³-hybridized carbons (Fsp3) is 0.818. The molecule has 2 amide bonds. The molecular formula is C11H20N2O6S. The van der Waals surface area contributed by atoms with E-state index in [0.717, 1.165) is 11.2 Å². The van der Waals surface area contributed by atoms with Crippen LogP contribution in [-0.2, 0) is 14.6 Å². The summed E-state index contributed by atoms with van der Waals surface area (Å²) in [4.78, 5) is 23.9. The van der Waals surface area contributed by atoms with Crippen molar-refractivity contribution in [1.29, 1.82) is 0 Å². The third kappa shape index (κ3) is 3.60. The number of β-amino-alcohol motifs (C(OH)–C–C–N with tert-alkyl or cyclic N) is 1. The molecule has 3 N–H and O–H groups in total. The number of carbonyl (C=O) groups is 2. The standard InChI is InChI=1S/C11H20N2O6S/c1-11(2,20(3,18)19)6-12-10(17)13-5-7(14)4-8(13)9(15)16/h7-8,14H,4-6H2,1-3H3,(H,12,17)(H,15,16)/t7-,8+/m1/s1. The Bertz CT molecular complexity index is 501. The number of aliphatic carboxylic acids is 1. The van der Waals surface area contributed by atoms with Crippen molar-refractivity contribution >= 4 is 21.8 Å². The first-order valence-corrected chi connectivity index (χ1v) is 8.00. The first-order valence-electron chi connectivity index (χ1n) is 6.10. The number of hydrogen-bond acceptors (Lipinski definition) is 5. The minimum atomic E-state index is -3.36. The number of nitrogens with zero attached hydrogens (tertiary/aromatic N) is 1. The lowest BCUT2D eigenvalue weighted by molar-refractivity contribution is -0.141. The molecule has 2 atom stereocenters. The average molecular weight is 308 g/mol. The molecule has 1 fully saturated rings. The summed E-state index contributed by atoms with van der Waals surface area (Å²) in [6, 6.07) is -1.78. The van der Waals surface area contributed by atoms with Crippen molar-refractivity contribution in [1.82, 2.24) is 10.2 Å². The minimum Gasteiger partial charge on any atom is -0.480 e. The number of aliphatic hydroxyl groups is 1. The highest BCUT2D eigenvalue weighted by molar-refractivity contribution is 7.92. The zero-order valence-electron chi connectivity index (χ0n) is 11.7. The van der Waals surface area contributed by atoms with E-state index in [1.54, 1.807) is 0 Å². The number of rotatable bonds is 4. The Morgan fingerprint density at radius 2 is 1.95 bits per heavy atom. The van der Waals surface area contributed by atoms with E-state index >= 15 is 0 Å². The van der Waals surface area contributed by atoms with Crippen molar-refractivity contribution in [3.8, 4) is 0 Å². The molecule has 0 spiro atoms. The molecule has 20 heavy (non-hydrogen) atoms. The third-order valence-electron chi connectivity index (χ3n) is 3.49. The average Bonchev–Trinajstić information content (AvgIpc) is 2.67. The smallest absolute Gasteiger partial charge is 0.326 e. The van der Waals surface area contributed by atoms with E-state index in [9.17, 15) is 23.1 Å². The first kappa shape index (κ1) is 16.7. The zero-order valence-corrected chi connectivity index (χ0v) is 12.5. The van der Waals surface area contributed by atoms with Gasteiger partial charge in [-0.1, -0.05) is 0 Å². The largest absolute Gasteiger partial charge is 0.480 e. The number of urea groups is 1. The number of nitrogens with one attached hydrogen (secondary N) is 1. The van der Waals surface area contributed by atoms with Crippen LogP contribution in [0.5, 0.6) is 0 Å². The van der Waals surface area contributed by atoms with E-state index < -0.39 is 38.7 Å². The van der Waals surface area contributed by atoms with Gasteiger partial charge in [-0.15, -0.1) is 0 Å². The second kappa shape index (κ2) is 5.57. The van der Waals surface area contributed by atoms with Crippen LogP contribution in [-0.4, -0.2) is 71.8 Å². The molecular weight excluding hydrogens is 288 g/mol. The molecule has 8 nitrogen and oxygen atoms in total. The Morgan fingerprint density at radius 1 is 1.40 bits per heavy atom. The maximum atomic E-state index is 11.9. The Balaban J connectivity index is 2.70. The number of carboxylic acid groups (broad SMARTS) is 1. The lowest BCUT2D eigenvalue weighted by Gasteiger charge is -2.26. The number of aliphatic hydroxyl groups excluding tert-OH is 1. The quantitative estimate of drug-likeness (QED) is 0.614. The third-order valence-corrected chi connectivity index (χ3v) is 5.65. The summed E-state index contributed by atoms with van der Waals surface area (Å²) in [6.45, 7) is 2.72.